The summed E-state index contributed by atoms with van der Waals surface area (Å²) in [5, 5.41) is 0.621. The normalized spacial score (nSPS) is 17.2. The zero-order valence-electron chi connectivity index (χ0n) is 15.2. The summed E-state index contributed by atoms with van der Waals surface area (Å²) >= 11 is 1.58. The van der Waals surface area contributed by atoms with E-state index >= 15 is 0 Å². The maximum atomic E-state index is 13.1. The maximum absolute atomic E-state index is 13.1. The predicted molar refractivity (Wildman–Crippen MR) is 108 cm³/mol. The Balaban J connectivity index is 1.63. The highest BCUT2D eigenvalue weighted by Crippen LogP contribution is 2.26. The number of likely N-dealkylation sites (tertiary alicyclic amines) is 1. The number of para-hydroxylation sites is 1. The molecule has 138 valence electrons. The summed E-state index contributed by atoms with van der Waals surface area (Å²) in [6, 6.07) is 15.0. The minimum absolute atomic E-state index is 0.0337. The predicted octanol–water partition coefficient (Wildman–Crippen LogP) is 3.60. The summed E-state index contributed by atoms with van der Waals surface area (Å²) in [6.45, 7) is 1.25. The van der Waals surface area contributed by atoms with Crippen LogP contribution in [0.2, 0.25) is 0 Å². The number of thioether (sulfide) groups is 1. The van der Waals surface area contributed by atoms with E-state index in [1.807, 2.05) is 59.7 Å². The van der Waals surface area contributed by atoms with Crippen molar-refractivity contribution < 1.29 is 4.79 Å². The molecule has 1 aliphatic rings. The molecule has 0 aliphatic carbocycles. The first-order valence-corrected chi connectivity index (χ1v) is 10.3. The van der Waals surface area contributed by atoms with Crippen LogP contribution in [0.5, 0.6) is 0 Å². The van der Waals surface area contributed by atoms with Gasteiger partial charge in [0.25, 0.3) is 11.5 Å². The molecule has 2 aromatic carbocycles. The van der Waals surface area contributed by atoms with Gasteiger partial charge in [-0.25, -0.2) is 4.98 Å². The lowest BCUT2D eigenvalue weighted by Crippen LogP contribution is -2.43. The van der Waals surface area contributed by atoms with Gasteiger partial charge in [-0.05, 0) is 43.4 Å². The number of piperidine rings is 1. The zero-order chi connectivity index (χ0) is 18.8. The SMILES string of the molecule is CSc1ccccc1C(=O)N1CCC[C@H](n2cnc3ccccc3c2=O)C1. The van der Waals surface area contributed by atoms with Crippen LogP contribution in [0, 0.1) is 0 Å². The molecule has 1 fully saturated rings. The molecule has 5 nitrogen and oxygen atoms in total. The average molecular weight is 379 g/mol. The van der Waals surface area contributed by atoms with Gasteiger partial charge in [0.05, 0.1) is 28.8 Å². The van der Waals surface area contributed by atoms with Crippen molar-refractivity contribution in [3.05, 3.63) is 70.8 Å². The molecule has 1 aromatic heterocycles. The first-order chi connectivity index (χ1) is 13.2. The molecule has 2 heterocycles. The van der Waals surface area contributed by atoms with E-state index in [2.05, 4.69) is 4.98 Å². The number of benzene rings is 2. The van der Waals surface area contributed by atoms with Gasteiger partial charge in [0, 0.05) is 18.0 Å². The lowest BCUT2D eigenvalue weighted by Gasteiger charge is -2.34. The van der Waals surface area contributed by atoms with Crippen LogP contribution in [0.3, 0.4) is 0 Å². The van der Waals surface area contributed by atoms with Crippen molar-refractivity contribution in [2.24, 2.45) is 0 Å². The van der Waals surface area contributed by atoms with Gasteiger partial charge in [-0.3, -0.25) is 14.2 Å². The first-order valence-electron chi connectivity index (χ1n) is 9.07. The number of hydrogen-bond donors (Lipinski definition) is 0. The van der Waals surface area contributed by atoms with Crippen LogP contribution in [-0.4, -0.2) is 39.7 Å². The second-order valence-electron chi connectivity index (χ2n) is 6.72. The Bertz CT molecular complexity index is 1050. The number of nitrogens with zero attached hydrogens (tertiary/aromatic N) is 3. The molecule has 3 aromatic rings. The molecule has 0 radical (unpaired) electrons. The molecule has 6 heteroatoms. The number of rotatable bonds is 3. The molecule has 0 N–H and O–H groups in total. The van der Waals surface area contributed by atoms with Crippen LogP contribution >= 0.6 is 11.8 Å². The van der Waals surface area contributed by atoms with E-state index in [4.69, 9.17) is 0 Å². The summed E-state index contributed by atoms with van der Waals surface area (Å²) in [6.07, 6.45) is 5.34. The third-order valence-corrected chi connectivity index (χ3v) is 5.90. The minimum Gasteiger partial charge on any atom is -0.337 e. The summed E-state index contributed by atoms with van der Waals surface area (Å²) in [5.74, 6) is 0.0337. The van der Waals surface area contributed by atoms with Crippen LogP contribution in [-0.2, 0) is 0 Å². The monoisotopic (exact) mass is 379 g/mol. The number of hydrogen-bond acceptors (Lipinski definition) is 4. The number of carbonyl (C=O) groups excluding carboxylic acids is 1. The molecule has 1 aliphatic heterocycles. The van der Waals surface area contributed by atoms with Crippen molar-refractivity contribution in [1.29, 1.82) is 0 Å². The Kier molecular flexibility index (Phi) is 4.99. The third kappa shape index (κ3) is 3.37. The van der Waals surface area contributed by atoms with Gasteiger partial charge in [-0.2, -0.15) is 0 Å². The smallest absolute Gasteiger partial charge is 0.261 e. The second kappa shape index (κ2) is 7.56. The highest BCUT2D eigenvalue weighted by atomic mass is 32.2. The van der Waals surface area contributed by atoms with Crippen molar-refractivity contribution in [3.63, 3.8) is 0 Å². The van der Waals surface area contributed by atoms with E-state index < -0.39 is 0 Å². The van der Waals surface area contributed by atoms with Gasteiger partial charge < -0.3 is 4.90 Å². The number of fused-ring (bicyclic) bond motifs is 1. The van der Waals surface area contributed by atoms with E-state index in [0.29, 0.717) is 24.0 Å². The van der Waals surface area contributed by atoms with E-state index in [-0.39, 0.29) is 17.5 Å². The van der Waals surface area contributed by atoms with Crippen LogP contribution in [0.15, 0.2) is 64.5 Å². The van der Waals surface area contributed by atoms with Crippen molar-refractivity contribution in [3.8, 4) is 0 Å². The van der Waals surface area contributed by atoms with Gasteiger partial charge in [0.15, 0.2) is 0 Å². The van der Waals surface area contributed by atoms with Crippen molar-refractivity contribution in [2.75, 3.05) is 19.3 Å². The quantitative estimate of drug-likeness (QED) is 0.653. The molecule has 1 atom stereocenters. The van der Waals surface area contributed by atoms with Crippen molar-refractivity contribution in [2.45, 2.75) is 23.8 Å². The molecule has 1 amide bonds. The Labute approximate surface area is 162 Å². The van der Waals surface area contributed by atoms with Gasteiger partial charge >= 0.3 is 0 Å². The molecular weight excluding hydrogens is 358 g/mol. The van der Waals surface area contributed by atoms with Gasteiger partial charge in [-0.15, -0.1) is 11.8 Å². The number of amides is 1. The number of carbonyl (C=O) groups is 1. The third-order valence-electron chi connectivity index (χ3n) is 5.10. The van der Waals surface area contributed by atoms with Gasteiger partial charge in [0.2, 0.25) is 0 Å². The van der Waals surface area contributed by atoms with Crippen LogP contribution < -0.4 is 5.56 Å². The molecule has 0 unspecified atom stereocenters. The minimum atomic E-state index is -0.0475. The fourth-order valence-electron chi connectivity index (χ4n) is 3.70. The average Bonchev–Trinajstić information content (AvgIpc) is 2.73. The van der Waals surface area contributed by atoms with E-state index in [1.54, 1.807) is 22.7 Å². The molecule has 0 saturated carbocycles. The zero-order valence-corrected chi connectivity index (χ0v) is 16.0. The highest BCUT2D eigenvalue weighted by Gasteiger charge is 2.27. The Morgan fingerprint density at radius 2 is 1.93 bits per heavy atom. The van der Waals surface area contributed by atoms with Crippen LogP contribution in [0.25, 0.3) is 10.9 Å². The van der Waals surface area contributed by atoms with E-state index in [9.17, 15) is 9.59 Å². The molecule has 4 rings (SSSR count). The Morgan fingerprint density at radius 3 is 2.78 bits per heavy atom. The standard InChI is InChI=1S/C21H21N3O2S/c1-27-19-11-5-3-9-17(19)20(25)23-12-6-7-15(13-23)24-14-22-18-10-4-2-8-16(18)21(24)26/h2-5,8-11,14-15H,6-7,12-13H2,1H3/t15-/m0/s1. The molecule has 27 heavy (non-hydrogen) atoms. The molecule has 0 bridgehead atoms. The van der Waals surface area contributed by atoms with Crippen LogP contribution in [0.1, 0.15) is 29.2 Å². The summed E-state index contributed by atoms with van der Waals surface area (Å²) < 4.78 is 1.70. The van der Waals surface area contributed by atoms with Gasteiger partial charge in [-0.1, -0.05) is 24.3 Å². The maximum Gasteiger partial charge on any atom is 0.261 e. The van der Waals surface area contributed by atoms with Crippen molar-refractivity contribution in [1.82, 2.24) is 14.5 Å². The highest BCUT2D eigenvalue weighted by molar-refractivity contribution is 7.98. The first kappa shape index (κ1) is 17.8. The summed E-state index contributed by atoms with van der Waals surface area (Å²) in [5.41, 5.74) is 1.40. The lowest BCUT2D eigenvalue weighted by molar-refractivity contribution is 0.0674. The van der Waals surface area contributed by atoms with Crippen molar-refractivity contribution >= 4 is 28.6 Å². The molecular formula is C21H21N3O2S. The van der Waals surface area contributed by atoms with E-state index in [0.717, 1.165) is 23.3 Å². The Hall–Kier alpha value is -2.60. The fraction of sp³-hybridized carbons (Fsp3) is 0.286. The number of aromatic nitrogens is 2. The van der Waals surface area contributed by atoms with Gasteiger partial charge in [0.1, 0.15) is 0 Å². The summed E-state index contributed by atoms with van der Waals surface area (Å²) in [4.78, 5) is 33.2. The molecule has 0 spiro atoms. The largest absolute Gasteiger partial charge is 0.337 e. The summed E-state index contributed by atoms with van der Waals surface area (Å²) in [7, 11) is 0. The van der Waals surface area contributed by atoms with E-state index in [1.165, 1.54) is 0 Å². The fourth-order valence-corrected chi connectivity index (χ4v) is 4.29. The second-order valence-corrected chi connectivity index (χ2v) is 7.57. The topological polar surface area (TPSA) is 55.2 Å². The van der Waals surface area contributed by atoms with Crippen LogP contribution in [0.4, 0.5) is 0 Å². The molecule has 1 saturated heterocycles. The lowest BCUT2D eigenvalue weighted by atomic mass is 10.0. The Morgan fingerprint density at radius 1 is 1.15 bits per heavy atom.